The topological polar surface area (TPSA) is 87.8 Å². The molecule has 5 rings (SSSR count). The van der Waals surface area contributed by atoms with E-state index in [-0.39, 0.29) is 11.8 Å². The zero-order valence-electron chi connectivity index (χ0n) is 19.0. The second-order valence-corrected chi connectivity index (χ2v) is 8.30. The van der Waals surface area contributed by atoms with Gasteiger partial charge in [-0.3, -0.25) is 9.59 Å². The number of fused-ring (bicyclic) bond motifs is 2. The first-order valence-electron chi connectivity index (χ1n) is 11.2. The molecule has 7 nitrogen and oxygen atoms in total. The maximum atomic E-state index is 13.2. The van der Waals surface area contributed by atoms with E-state index in [0.29, 0.717) is 23.6 Å². The second-order valence-electron chi connectivity index (χ2n) is 8.30. The zero-order valence-corrected chi connectivity index (χ0v) is 19.0. The number of amides is 2. The minimum Gasteiger partial charge on any atom is -0.455 e. The van der Waals surface area contributed by atoms with E-state index in [4.69, 9.17) is 4.42 Å². The number of carbonyl (C=O) groups is 2. The van der Waals surface area contributed by atoms with Gasteiger partial charge in [0.2, 0.25) is 0 Å². The lowest BCUT2D eigenvalue weighted by atomic mass is 9.93. The quantitative estimate of drug-likeness (QED) is 0.447. The summed E-state index contributed by atoms with van der Waals surface area (Å²) in [5.41, 5.74) is 6.71. The van der Waals surface area contributed by atoms with Crippen molar-refractivity contribution in [2.45, 2.75) is 26.2 Å². The van der Waals surface area contributed by atoms with Gasteiger partial charge in [-0.05, 0) is 44.0 Å². The molecular weight excluding hydrogens is 428 g/mol. The number of pyridine rings is 1. The Labute approximate surface area is 197 Å². The first-order valence-corrected chi connectivity index (χ1v) is 11.2. The summed E-state index contributed by atoms with van der Waals surface area (Å²) in [6.07, 6.45) is 2.23. The third-order valence-electron chi connectivity index (χ3n) is 6.09. The monoisotopic (exact) mass is 452 g/mol. The van der Waals surface area contributed by atoms with E-state index in [1.165, 1.54) is 0 Å². The highest BCUT2D eigenvalue weighted by Gasteiger charge is 2.29. The predicted molar refractivity (Wildman–Crippen MR) is 131 cm³/mol. The number of hydrogen-bond acceptors (Lipinski definition) is 5. The van der Waals surface area contributed by atoms with E-state index in [1.54, 1.807) is 18.0 Å². The van der Waals surface area contributed by atoms with Crippen LogP contribution in [0.1, 0.15) is 50.8 Å². The molecule has 1 aliphatic rings. The lowest BCUT2D eigenvalue weighted by Gasteiger charge is -2.16. The number of carbonyl (C=O) groups excluding carboxylic acids is 2. The summed E-state index contributed by atoms with van der Waals surface area (Å²) in [6.45, 7) is 1.86. The Morgan fingerprint density at radius 1 is 1.00 bits per heavy atom. The van der Waals surface area contributed by atoms with Gasteiger partial charge in [0.15, 0.2) is 5.76 Å². The normalized spacial score (nSPS) is 14.1. The molecule has 0 saturated carbocycles. The number of nitrogens with zero attached hydrogens (tertiary/aromatic N) is 3. The first-order chi connectivity index (χ1) is 16.5. The molecule has 1 N–H and O–H groups in total. The minimum atomic E-state index is -0.383. The number of para-hydroxylation sites is 2. The van der Waals surface area contributed by atoms with E-state index in [9.17, 15) is 9.59 Å². The summed E-state index contributed by atoms with van der Waals surface area (Å²) >= 11 is 0. The average Bonchev–Trinajstić information content (AvgIpc) is 3.23. The van der Waals surface area contributed by atoms with Gasteiger partial charge in [-0.15, -0.1) is 0 Å². The van der Waals surface area contributed by atoms with Crippen LogP contribution in [0.3, 0.4) is 0 Å². The number of aromatic nitrogens is 1. The number of nitrogens with one attached hydrogen (secondary N) is 1. The van der Waals surface area contributed by atoms with Crippen LogP contribution in [0.2, 0.25) is 0 Å². The summed E-state index contributed by atoms with van der Waals surface area (Å²) in [7, 11) is 1.73. The molecule has 0 saturated heterocycles. The zero-order chi connectivity index (χ0) is 23.7. The Kier molecular flexibility index (Phi) is 5.67. The molecule has 4 aromatic rings. The lowest BCUT2D eigenvalue weighted by Crippen LogP contribution is -2.26. The first kappa shape index (κ1) is 21.6. The van der Waals surface area contributed by atoms with Crippen molar-refractivity contribution < 1.29 is 14.0 Å². The van der Waals surface area contributed by atoms with Gasteiger partial charge in [-0.1, -0.05) is 42.5 Å². The van der Waals surface area contributed by atoms with Crippen molar-refractivity contribution in [2.75, 3.05) is 11.9 Å². The van der Waals surface area contributed by atoms with Crippen molar-refractivity contribution >= 4 is 34.1 Å². The summed E-state index contributed by atoms with van der Waals surface area (Å²) in [6, 6.07) is 20.6. The highest BCUT2D eigenvalue weighted by molar-refractivity contribution is 6.10. The summed E-state index contributed by atoms with van der Waals surface area (Å²) in [5, 5.41) is 5.38. The second kappa shape index (κ2) is 8.94. The molecule has 1 aliphatic carbocycles. The maximum Gasteiger partial charge on any atom is 0.294 e. The van der Waals surface area contributed by atoms with E-state index < -0.39 is 0 Å². The molecule has 170 valence electrons. The van der Waals surface area contributed by atoms with Crippen LogP contribution >= 0.6 is 0 Å². The van der Waals surface area contributed by atoms with Crippen LogP contribution in [0.15, 0.2) is 76.2 Å². The Hall–Kier alpha value is -4.26. The largest absolute Gasteiger partial charge is 0.455 e. The van der Waals surface area contributed by atoms with E-state index in [0.717, 1.165) is 46.3 Å². The van der Waals surface area contributed by atoms with Crippen molar-refractivity contribution in [3.8, 4) is 0 Å². The molecule has 2 aromatic heterocycles. The molecule has 0 spiro atoms. The molecule has 2 amide bonds. The van der Waals surface area contributed by atoms with Gasteiger partial charge in [-0.2, -0.15) is 5.10 Å². The van der Waals surface area contributed by atoms with Crippen LogP contribution in [-0.4, -0.2) is 29.6 Å². The molecular formula is C27H24N4O3. The van der Waals surface area contributed by atoms with Crippen LogP contribution in [0.25, 0.3) is 10.9 Å². The van der Waals surface area contributed by atoms with Gasteiger partial charge < -0.3 is 9.32 Å². The van der Waals surface area contributed by atoms with Gasteiger partial charge in [0.05, 0.1) is 11.2 Å². The number of hydrazone groups is 1. The molecule has 0 aliphatic heterocycles. The molecule has 2 aromatic carbocycles. The lowest BCUT2D eigenvalue weighted by molar-refractivity contribution is 0.0947. The predicted octanol–water partition coefficient (Wildman–Crippen LogP) is 4.88. The van der Waals surface area contributed by atoms with Crippen LogP contribution in [0, 0.1) is 6.92 Å². The Morgan fingerprint density at radius 3 is 2.59 bits per heavy atom. The van der Waals surface area contributed by atoms with Crippen molar-refractivity contribution in [1.29, 1.82) is 0 Å². The number of aryl methyl sites for hydroxylation is 1. The fourth-order valence-electron chi connectivity index (χ4n) is 4.27. The maximum absolute atomic E-state index is 13.2. The van der Waals surface area contributed by atoms with E-state index >= 15 is 0 Å². The number of rotatable bonds is 4. The molecule has 0 bridgehead atoms. The highest BCUT2D eigenvalue weighted by Crippen LogP contribution is 2.31. The minimum absolute atomic E-state index is 0.221. The summed E-state index contributed by atoms with van der Waals surface area (Å²) < 4.78 is 6.01. The van der Waals surface area contributed by atoms with Crippen molar-refractivity contribution in [3.63, 3.8) is 0 Å². The third kappa shape index (κ3) is 3.96. The van der Waals surface area contributed by atoms with E-state index in [2.05, 4.69) is 15.5 Å². The number of benzene rings is 2. The van der Waals surface area contributed by atoms with Gasteiger partial charge in [0.25, 0.3) is 11.8 Å². The molecule has 7 heteroatoms. The Balaban J connectivity index is 1.40. The molecule has 0 radical (unpaired) electrons. The van der Waals surface area contributed by atoms with Crippen LogP contribution in [0.5, 0.6) is 0 Å². The van der Waals surface area contributed by atoms with Crippen molar-refractivity contribution in [1.82, 2.24) is 10.4 Å². The van der Waals surface area contributed by atoms with Gasteiger partial charge in [0, 0.05) is 35.7 Å². The molecule has 0 unspecified atom stereocenters. The Bertz CT molecular complexity index is 1420. The number of furan rings is 1. The SMILES string of the molecule is Cc1c(C(=O)N(C)c2ccccc2)oc2c1/C(=N/NC(=O)c1ccc3ccccc3n1)CCC2. The molecule has 0 atom stereocenters. The third-order valence-corrected chi connectivity index (χ3v) is 6.09. The van der Waals surface area contributed by atoms with Crippen LogP contribution in [-0.2, 0) is 6.42 Å². The smallest absolute Gasteiger partial charge is 0.294 e. The summed E-state index contributed by atoms with van der Waals surface area (Å²) in [5.74, 6) is 0.423. The van der Waals surface area contributed by atoms with E-state index in [1.807, 2.05) is 67.6 Å². The average molecular weight is 453 g/mol. The fourth-order valence-corrected chi connectivity index (χ4v) is 4.27. The van der Waals surface area contributed by atoms with Gasteiger partial charge in [-0.25, -0.2) is 10.4 Å². The Morgan fingerprint density at radius 2 is 1.76 bits per heavy atom. The molecule has 0 fully saturated rings. The fraction of sp³-hybridized carbons (Fsp3) is 0.185. The number of hydrogen-bond donors (Lipinski definition) is 1. The highest BCUT2D eigenvalue weighted by atomic mass is 16.4. The van der Waals surface area contributed by atoms with Crippen molar-refractivity contribution in [2.24, 2.45) is 5.10 Å². The van der Waals surface area contributed by atoms with Crippen molar-refractivity contribution in [3.05, 3.63) is 95.1 Å². The van der Waals surface area contributed by atoms with Crippen LogP contribution < -0.4 is 10.3 Å². The molecule has 2 heterocycles. The summed E-state index contributed by atoms with van der Waals surface area (Å²) in [4.78, 5) is 31.9. The van der Waals surface area contributed by atoms with Gasteiger partial charge >= 0.3 is 0 Å². The standard InChI is InChI=1S/C27H24N4O3/c1-17-24-21(29-30-26(32)22-16-15-18-9-6-7-12-20(18)28-22)13-8-14-23(24)34-25(17)27(33)31(2)19-10-4-3-5-11-19/h3-7,9-12,15-16H,8,13-14H2,1-2H3,(H,30,32)/b29-21+. The van der Waals surface area contributed by atoms with Gasteiger partial charge in [0.1, 0.15) is 11.5 Å². The molecule has 34 heavy (non-hydrogen) atoms. The van der Waals surface area contributed by atoms with Crippen LogP contribution in [0.4, 0.5) is 5.69 Å². The number of anilines is 1.